The van der Waals surface area contributed by atoms with Crippen molar-refractivity contribution in [3.8, 4) is 0 Å². The summed E-state index contributed by atoms with van der Waals surface area (Å²) in [5, 5.41) is 12.7. The van der Waals surface area contributed by atoms with Crippen LogP contribution in [-0.2, 0) is 9.59 Å². The van der Waals surface area contributed by atoms with Crippen LogP contribution in [-0.4, -0.2) is 29.1 Å². The van der Waals surface area contributed by atoms with Crippen LogP contribution in [0.3, 0.4) is 0 Å². The summed E-state index contributed by atoms with van der Waals surface area (Å²) in [7, 11) is 0. The number of amides is 2. The lowest BCUT2D eigenvalue weighted by Crippen LogP contribution is -2.39. The Morgan fingerprint density at radius 3 is 2.44 bits per heavy atom. The van der Waals surface area contributed by atoms with Gasteiger partial charge in [-0.2, -0.15) is 0 Å². The van der Waals surface area contributed by atoms with Crippen molar-refractivity contribution in [3.63, 3.8) is 0 Å². The Balaban J connectivity index is 2.24. The van der Waals surface area contributed by atoms with Crippen LogP contribution in [0.15, 0.2) is 0 Å². The highest BCUT2D eigenvalue weighted by molar-refractivity contribution is 5.78. The number of carbonyl (C=O) groups is 2. The van der Waals surface area contributed by atoms with Gasteiger partial charge in [-0.25, -0.2) is 0 Å². The van der Waals surface area contributed by atoms with Crippen LogP contribution >= 0.6 is 0 Å². The summed E-state index contributed by atoms with van der Waals surface area (Å²) >= 11 is 0. The Morgan fingerprint density at radius 2 is 1.88 bits per heavy atom. The van der Waals surface area contributed by atoms with Gasteiger partial charge in [-0.1, -0.05) is 19.3 Å². The van der Waals surface area contributed by atoms with E-state index < -0.39 is 11.5 Å². The lowest BCUT2D eigenvalue weighted by molar-refractivity contribution is -0.127. The van der Waals surface area contributed by atoms with Crippen molar-refractivity contribution in [2.24, 2.45) is 5.73 Å². The molecule has 2 amide bonds. The smallest absolute Gasteiger partial charge is 0.222 e. The first-order valence-corrected chi connectivity index (χ1v) is 5.79. The molecule has 0 heterocycles. The van der Waals surface area contributed by atoms with Crippen LogP contribution in [0.5, 0.6) is 0 Å². The second kappa shape index (κ2) is 5.84. The van der Waals surface area contributed by atoms with E-state index in [4.69, 9.17) is 5.73 Å². The summed E-state index contributed by atoms with van der Waals surface area (Å²) in [6, 6.07) is 0. The van der Waals surface area contributed by atoms with Crippen LogP contribution in [0.2, 0.25) is 0 Å². The summed E-state index contributed by atoms with van der Waals surface area (Å²) in [6.45, 7) is 0.254. The van der Waals surface area contributed by atoms with E-state index in [1.54, 1.807) is 0 Å². The molecule has 0 radical (unpaired) electrons. The van der Waals surface area contributed by atoms with E-state index in [0.717, 1.165) is 19.3 Å². The van der Waals surface area contributed by atoms with Gasteiger partial charge in [-0.3, -0.25) is 9.59 Å². The zero-order valence-corrected chi connectivity index (χ0v) is 9.50. The molecule has 0 unspecified atom stereocenters. The maximum Gasteiger partial charge on any atom is 0.222 e. The number of hydrogen-bond donors (Lipinski definition) is 3. The van der Waals surface area contributed by atoms with Crippen LogP contribution in [0, 0.1) is 0 Å². The molecule has 0 atom stereocenters. The number of rotatable bonds is 5. The minimum atomic E-state index is -0.838. The van der Waals surface area contributed by atoms with Crippen molar-refractivity contribution in [2.75, 3.05) is 6.54 Å². The third-order valence-electron chi connectivity index (χ3n) is 2.97. The molecule has 0 aliphatic heterocycles. The molecule has 4 N–H and O–H groups in total. The van der Waals surface area contributed by atoms with E-state index in [0.29, 0.717) is 12.8 Å². The van der Waals surface area contributed by atoms with E-state index in [-0.39, 0.29) is 25.3 Å². The maximum absolute atomic E-state index is 11.5. The van der Waals surface area contributed by atoms with Gasteiger partial charge in [-0.05, 0) is 12.8 Å². The number of primary amides is 1. The van der Waals surface area contributed by atoms with Gasteiger partial charge >= 0.3 is 0 Å². The van der Waals surface area contributed by atoms with Crippen LogP contribution in [0.4, 0.5) is 0 Å². The number of aliphatic hydroxyl groups is 1. The molecule has 0 spiro atoms. The number of nitrogens with one attached hydrogen (secondary N) is 1. The highest BCUT2D eigenvalue weighted by Crippen LogP contribution is 2.30. The SMILES string of the molecule is NC(=O)CCNC(=O)CC1(O)CCCCC1. The highest BCUT2D eigenvalue weighted by Gasteiger charge is 2.31. The van der Waals surface area contributed by atoms with Crippen LogP contribution < -0.4 is 11.1 Å². The third-order valence-corrected chi connectivity index (χ3v) is 2.97. The van der Waals surface area contributed by atoms with Crippen LogP contribution in [0.1, 0.15) is 44.9 Å². The summed E-state index contributed by atoms with van der Waals surface area (Å²) in [5.74, 6) is -0.637. The fourth-order valence-corrected chi connectivity index (χ4v) is 2.07. The largest absolute Gasteiger partial charge is 0.389 e. The monoisotopic (exact) mass is 228 g/mol. The fourth-order valence-electron chi connectivity index (χ4n) is 2.07. The average molecular weight is 228 g/mol. The Bertz CT molecular complexity index is 260. The van der Waals surface area contributed by atoms with E-state index in [1.807, 2.05) is 0 Å². The predicted octanol–water partition coefficient (Wildman–Crippen LogP) is 0.0633. The predicted molar refractivity (Wildman–Crippen MR) is 59.5 cm³/mol. The second-order valence-electron chi connectivity index (χ2n) is 4.53. The molecule has 5 nitrogen and oxygen atoms in total. The third kappa shape index (κ3) is 4.61. The molecular formula is C11H20N2O3. The van der Waals surface area contributed by atoms with Gasteiger partial charge in [0.2, 0.25) is 11.8 Å². The Hall–Kier alpha value is -1.10. The number of carbonyl (C=O) groups excluding carboxylic acids is 2. The van der Waals surface area contributed by atoms with Gasteiger partial charge in [0.05, 0.1) is 12.0 Å². The van der Waals surface area contributed by atoms with Gasteiger partial charge in [0, 0.05) is 13.0 Å². The first-order valence-electron chi connectivity index (χ1n) is 5.79. The molecule has 5 heteroatoms. The van der Waals surface area contributed by atoms with Crippen molar-refractivity contribution >= 4 is 11.8 Å². The lowest BCUT2D eigenvalue weighted by atomic mass is 9.82. The Kier molecular flexibility index (Phi) is 4.73. The molecule has 0 aromatic rings. The normalized spacial score (nSPS) is 19.1. The van der Waals surface area contributed by atoms with Crippen LogP contribution in [0.25, 0.3) is 0 Å². The van der Waals surface area contributed by atoms with Crippen molar-refractivity contribution in [2.45, 2.75) is 50.5 Å². The molecule has 1 aliphatic rings. The van der Waals surface area contributed by atoms with Crippen molar-refractivity contribution in [1.82, 2.24) is 5.32 Å². The number of nitrogens with two attached hydrogens (primary N) is 1. The quantitative estimate of drug-likeness (QED) is 0.621. The minimum absolute atomic E-state index is 0.131. The summed E-state index contributed by atoms with van der Waals surface area (Å²) < 4.78 is 0. The van der Waals surface area contributed by atoms with Crippen molar-refractivity contribution in [1.29, 1.82) is 0 Å². The zero-order valence-electron chi connectivity index (χ0n) is 9.50. The minimum Gasteiger partial charge on any atom is -0.389 e. The van der Waals surface area contributed by atoms with Gasteiger partial charge < -0.3 is 16.2 Å². The molecule has 1 saturated carbocycles. The second-order valence-corrected chi connectivity index (χ2v) is 4.53. The maximum atomic E-state index is 11.5. The van der Waals surface area contributed by atoms with Gasteiger partial charge in [0.25, 0.3) is 0 Å². The molecule has 1 rings (SSSR count). The molecule has 0 bridgehead atoms. The molecular weight excluding hydrogens is 208 g/mol. The highest BCUT2D eigenvalue weighted by atomic mass is 16.3. The van der Waals surface area contributed by atoms with Gasteiger partial charge in [0.15, 0.2) is 0 Å². The number of hydrogen-bond acceptors (Lipinski definition) is 3. The summed E-state index contributed by atoms with van der Waals surface area (Å²) in [4.78, 5) is 21.9. The van der Waals surface area contributed by atoms with Gasteiger partial charge in [-0.15, -0.1) is 0 Å². The summed E-state index contributed by atoms with van der Waals surface area (Å²) in [5.41, 5.74) is 4.11. The lowest BCUT2D eigenvalue weighted by Gasteiger charge is -2.31. The molecule has 92 valence electrons. The molecule has 0 aromatic carbocycles. The molecule has 0 aromatic heterocycles. The topological polar surface area (TPSA) is 92.4 Å². The van der Waals surface area contributed by atoms with Gasteiger partial charge in [0.1, 0.15) is 0 Å². The van der Waals surface area contributed by atoms with E-state index in [1.165, 1.54) is 0 Å². The first-order chi connectivity index (χ1) is 7.52. The Morgan fingerprint density at radius 1 is 1.25 bits per heavy atom. The Labute approximate surface area is 95.4 Å². The molecule has 16 heavy (non-hydrogen) atoms. The average Bonchev–Trinajstić information content (AvgIpc) is 2.17. The zero-order chi connectivity index (χ0) is 12.0. The summed E-state index contributed by atoms with van der Waals surface area (Å²) in [6.07, 6.45) is 4.74. The molecule has 1 aliphatic carbocycles. The fraction of sp³-hybridized carbons (Fsp3) is 0.818. The molecule has 1 fully saturated rings. The molecule has 0 saturated heterocycles. The standard InChI is InChI=1S/C11H20N2O3/c12-9(14)4-7-13-10(15)8-11(16)5-2-1-3-6-11/h16H,1-8H2,(H2,12,14)(H,13,15). The van der Waals surface area contributed by atoms with Crippen molar-refractivity contribution in [3.05, 3.63) is 0 Å². The van der Waals surface area contributed by atoms with E-state index >= 15 is 0 Å². The van der Waals surface area contributed by atoms with E-state index in [2.05, 4.69) is 5.32 Å². The first kappa shape index (κ1) is 13.0. The van der Waals surface area contributed by atoms with E-state index in [9.17, 15) is 14.7 Å². The van der Waals surface area contributed by atoms with Crippen molar-refractivity contribution < 1.29 is 14.7 Å².